The Morgan fingerprint density at radius 2 is 2.00 bits per heavy atom. The van der Waals surface area contributed by atoms with Crippen LogP contribution in [0.25, 0.3) is 0 Å². The third-order valence-electron chi connectivity index (χ3n) is 3.21. The summed E-state index contributed by atoms with van der Waals surface area (Å²) in [4.78, 5) is 0. The molecule has 2 aromatic rings. The number of hydrogen-bond acceptors (Lipinski definition) is 2. The van der Waals surface area contributed by atoms with E-state index < -0.39 is 0 Å². The van der Waals surface area contributed by atoms with Crippen molar-refractivity contribution in [1.82, 2.24) is 0 Å². The van der Waals surface area contributed by atoms with Gasteiger partial charge in [-0.2, -0.15) is 0 Å². The fourth-order valence-corrected chi connectivity index (χ4v) is 2.39. The Bertz CT molecular complexity index is 578. The molecule has 1 atom stereocenters. The van der Waals surface area contributed by atoms with Gasteiger partial charge in [0.2, 0.25) is 0 Å². The molecular weight excluding hydrogens is 260 g/mol. The van der Waals surface area contributed by atoms with Gasteiger partial charge in [-0.3, -0.25) is 0 Å². The maximum absolute atomic E-state index is 5.86. The van der Waals surface area contributed by atoms with Gasteiger partial charge in [-0.05, 0) is 42.8 Å². The SMILES string of the molecule is Cc1ccc2c(c1)CC(COc1ccc(Cl)cc1)O2. The molecular formula is C16H15ClO2. The molecule has 0 saturated heterocycles. The zero-order valence-corrected chi connectivity index (χ0v) is 11.5. The first-order valence-electron chi connectivity index (χ1n) is 6.35. The molecule has 0 amide bonds. The highest BCUT2D eigenvalue weighted by molar-refractivity contribution is 6.30. The highest BCUT2D eigenvalue weighted by atomic mass is 35.5. The second kappa shape index (κ2) is 5.14. The summed E-state index contributed by atoms with van der Waals surface area (Å²) in [6.07, 6.45) is 0.998. The fraction of sp³-hybridized carbons (Fsp3) is 0.250. The van der Waals surface area contributed by atoms with Gasteiger partial charge in [0.05, 0.1) is 0 Å². The number of aryl methyl sites for hydroxylation is 1. The summed E-state index contributed by atoms with van der Waals surface area (Å²) in [6.45, 7) is 2.65. The number of fused-ring (bicyclic) bond motifs is 1. The molecule has 1 unspecified atom stereocenters. The van der Waals surface area contributed by atoms with E-state index in [2.05, 4.69) is 19.1 Å². The third-order valence-corrected chi connectivity index (χ3v) is 3.46. The number of rotatable bonds is 3. The van der Waals surface area contributed by atoms with E-state index in [1.807, 2.05) is 30.3 Å². The minimum atomic E-state index is 0.0903. The van der Waals surface area contributed by atoms with Gasteiger partial charge >= 0.3 is 0 Å². The molecule has 2 nitrogen and oxygen atoms in total. The Balaban J connectivity index is 1.60. The lowest BCUT2D eigenvalue weighted by atomic mass is 10.1. The number of ether oxygens (including phenoxy) is 2. The minimum Gasteiger partial charge on any atom is -0.490 e. The molecule has 1 aliphatic rings. The third kappa shape index (κ3) is 2.85. The van der Waals surface area contributed by atoms with Crippen LogP contribution >= 0.6 is 11.6 Å². The van der Waals surface area contributed by atoms with Gasteiger partial charge in [0, 0.05) is 11.4 Å². The molecule has 98 valence electrons. The Morgan fingerprint density at radius 1 is 1.21 bits per heavy atom. The number of hydrogen-bond donors (Lipinski definition) is 0. The van der Waals surface area contributed by atoms with Crippen molar-refractivity contribution >= 4 is 11.6 Å². The zero-order chi connectivity index (χ0) is 13.2. The van der Waals surface area contributed by atoms with E-state index in [9.17, 15) is 0 Å². The molecule has 2 aromatic carbocycles. The Kier molecular flexibility index (Phi) is 3.34. The molecule has 0 aliphatic carbocycles. The topological polar surface area (TPSA) is 18.5 Å². The van der Waals surface area contributed by atoms with Crippen molar-refractivity contribution in [1.29, 1.82) is 0 Å². The standard InChI is InChI=1S/C16H15ClO2/c1-11-2-7-16-12(8-11)9-15(19-16)10-18-14-5-3-13(17)4-6-14/h2-8,15H,9-10H2,1H3. The van der Waals surface area contributed by atoms with Crippen LogP contribution in [0.15, 0.2) is 42.5 Å². The quantitative estimate of drug-likeness (QED) is 0.841. The van der Waals surface area contributed by atoms with Gasteiger partial charge in [0.1, 0.15) is 24.2 Å². The smallest absolute Gasteiger partial charge is 0.137 e. The van der Waals surface area contributed by atoms with Crippen LogP contribution in [0, 0.1) is 6.92 Å². The normalized spacial score (nSPS) is 16.8. The van der Waals surface area contributed by atoms with Crippen LogP contribution in [-0.4, -0.2) is 12.7 Å². The van der Waals surface area contributed by atoms with Gasteiger partial charge in [0.25, 0.3) is 0 Å². The van der Waals surface area contributed by atoms with Gasteiger partial charge in [-0.15, -0.1) is 0 Å². The van der Waals surface area contributed by atoms with Crippen molar-refractivity contribution in [2.75, 3.05) is 6.61 Å². The van der Waals surface area contributed by atoms with Crippen LogP contribution in [0.4, 0.5) is 0 Å². The highest BCUT2D eigenvalue weighted by Crippen LogP contribution is 2.29. The first kappa shape index (κ1) is 12.4. The summed E-state index contributed by atoms with van der Waals surface area (Å²) in [5, 5.41) is 0.715. The molecule has 1 heterocycles. The summed E-state index contributed by atoms with van der Waals surface area (Å²) in [5.41, 5.74) is 2.53. The molecule has 0 saturated carbocycles. The first-order valence-corrected chi connectivity index (χ1v) is 6.73. The monoisotopic (exact) mass is 274 g/mol. The maximum atomic E-state index is 5.86. The minimum absolute atomic E-state index is 0.0903. The lowest BCUT2D eigenvalue weighted by Crippen LogP contribution is -2.22. The number of benzene rings is 2. The molecule has 0 fully saturated rings. The lowest BCUT2D eigenvalue weighted by molar-refractivity contribution is 0.148. The number of halogens is 1. The highest BCUT2D eigenvalue weighted by Gasteiger charge is 2.23. The molecule has 0 aromatic heterocycles. The molecule has 3 rings (SSSR count). The van der Waals surface area contributed by atoms with Crippen molar-refractivity contribution in [2.45, 2.75) is 19.4 Å². The van der Waals surface area contributed by atoms with Gasteiger partial charge in [0.15, 0.2) is 0 Å². The van der Waals surface area contributed by atoms with E-state index >= 15 is 0 Å². The van der Waals surface area contributed by atoms with Crippen LogP contribution in [0.5, 0.6) is 11.5 Å². The molecule has 0 bridgehead atoms. The molecule has 1 aliphatic heterocycles. The Labute approximate surface area is 117 Å². The van der Waals surface area contributed by atoms with Gasteiger partial charge < -0.3 is 9.47 Å². The average Bonchev–Trinajstić information content (AvgIpc) is 2.80. The average molecular weight is 275 g/mol. The van der Waals surface area contributed by atoms with E-state index in [-0.39, 0.29) is 6.10 Å². The predicted molar refractivity (Wildman–Crippen MR) is 76.2 cm³/mol. The van der Waals surface area contributed by atoms with Gasteiger partial charge in [-0.25, -0.2) is 0 Å². The molecule has 19 heavy (non-hydrogen) atoms. The summed E-state index contributed by atoms with van der Waals surface area (Å²) in [7, 11) is 0. The Morgan fingerprint density at radius 3 is 2.79 bits per heavy atom. The molecule has 0 radical (unpaired) electrons. The van der Waals surface area contributed by atoms with E-state index in [0.29, 0.717) is 11.6 Å². The van der Waals surface area contributed by atoms with Crippen molar-refractivity contribution in [3.63, 3.8) is 0 Å². The zero-order valence-electron chi connectivity index (χ0n) is 10.7. The van der Waals surface area contributed by atoms with E-state index in [4.69, 9.17) is 21.1 Å². The molecule has 0 N–H and O–H groups in total. The van der Waals surface area contributed by atoms with Crippen molar-refractivity contribution < 1.29 is 9.47 Å². The second-order valence-corrected chi connectivity index (χ2v) is 5.26. The second-order valence-electron chi connectivity index (χ2n) is 4.82. The van der Waals surface area contributed by atoms with Crippen LogP contribution in [-0.2, 0) is 6.42 Å². The van der Waals surface area contributed by atoms with E-state index in [0.717, 1.165) is 17.9 Å². The summed E-state index contributed by atoms with van der Waals surface area (Å²) >= 11 is 5.83. The maximum Gasteiger partial charge on any atom is 0.137 e. The van der Waals surface area contributed by atoms with Crippen LogP contribution < -0.4 is 9.47 Å². The fourth-order valence-electron chi connectivity index (χ4n) is 2.26. The first-order chi connectivity index (χ1) is 9.20. The van der Waals surface area contributed by atoms with E-state index in [1.165, 1.54) is 11.1 Å². The van der Waals surface area contributed by atoms with Crippen molar-refractivity contribution in [2.24, 2.45) is 0 Å². The van der Waals surface area contributed by atoms with Crippen molar-refractivity contribution in [3.8, 4) is 11.5 Å². The summed E-state index contributed by atoms with van der Waals surface area (Å²) in [6, 6.07) is 13.7. The predicted octanol–water partition coefficient (Wildman–Crippen LogP) is 4.03. The van der Waals surface area contributed by atoms with Gasteiger partial charge in [-0.1, -0.05) is 29.3 Å². The van der Waals surface area contributed by atoms with Crippen molar-refractivity contribution in [3.05, 3.63) is 58.6 Å². The summed E-state index contributed by atoms with van der Waals surface area (Å²) < 4.78 is 11.6. The van der Waals surface area contributed by atoms with Crippen LogP contribution in [0.3, 0.4) is 0 Å². The molecule has 3 heteroatoms. The lowest BCUT2D eigenvalue weighted by Gasteiger charge is -2.12. The van der Waals surface area contributed by atoms with Crippen LogP contribution in [0.2, 0.25) is 5.02 Å². The largest absolute Gasteiger partial charge is 0.490 e. The Hall–Kier alpha value is -1.67. The van der Waals surface area contributed by atoms with Crippen LogP contribution in [0.1, 0.15) is 11.1 Å². The molecule has 0 spiro atoms. The summed E-state index contributed by atoms with van der Waals surface area (Å²) in [5.74, 6) is 1.80. The van der Waals surface area contributed by atoms with E-state index in [1.54, 1.807) is 0 Å².